The van der Waals surface area contributed by atoms with E-state index in [1.165, 1.54) is 20.1 Å². The highest BCUT2D eigenvalue weighted by Gasteiger charge is 2.69. The van der Waals surface area contributed by atoms with E-state index < -0.39 is 41.1 Å². The molecule has 2 saturated heterocycles. The van der Waals surface area contributed by atoms with Crippen molar-refractivity contribution in [3.63, 3.8) is 0 Å². The van der Waals surface area contributed by atoms with E-state index in [2.05, 4.69) is 0 Å². The van der Waals surface area contributed by atoms with E-state index in [9.17, 15) is 14.7 Å². The summed E-state index contributed by atoms with van der Waals surface area (Å²) in [6, 6.07) is 1.30. The molecule has 0 aliphatic carbocycles. The number of ether oxygens (including phenoxy) is 4. The fourth-order valence-electron chi connectivity index (χ4n) is 4.67. The molecule has 2 aliphatic heterocycles. The minimum Gasteiger partial charge on any atom is -0.496 e. The highest BCUT2D eigenvalue weighted by Crippen LogP contribution is 2.51. The second-order valence-electron chi connectivity index (χ2n) is 8.65. The van der Waals surface area contributed by atoms with Gasteiger partial charge in [-0.05, 0) is 33.3 Å². The average Bonchev–Trinajstić information content (AvgIpc) is 2.93. The van der Waals surface area contributed by atoms with Gasteiger partial charge in [-0.1, -0.05) is 37.3 Å². The van der Waals surface area contributed by atoms with Gasteiger partial charge in [-0.3, -0.25) is 4.79 Å². The van der Waals surface area contributed by atoms with Crippen LogP contribution in [-0.2, 0) is 19.0 Å². The van der Waals surface area contributed by atoms with Crippen molar-refractivity contribution in [3.05, 3.63) is 58.2 Å². The summed E-state index contributed by atoms with van der Waals surface area (Å²) in [7, 11) is 1.50. The Kier molecular flexibility index (Phi) is 7.31. The standard InChI is InChI=1S/C25H32O8/c1-7-20-24(4)23(30-16(3)26)25(5,33-20)22(28)18(32-24)13-11-9-8-10-12-17-15(2)19(29-6)14-21(27)31-17/h8-14,18,20,22-23,28H,7H2,1-6H3/b9-8+,12-10+,13-11+/t18-,20+,22-,23?,24+,25+/m1/s1. The number of allylic oxidation sites excluding steroid dienone is 4. The van der Waals surface area contributed by atoms with E-state index in [1.54, 1.807) is 50.3 Å². The zero-order valence-electron chi connectivity index (χ0n) is 19.9. The van der Waals surface area contributed by atoms with Gasteiger partial charge in [-0.2, -0.15) is 0 Å². The average molecular weight is 461 g/mol. The molecule has 0 spiro atoms. The van der Waals surface area contributed by atoms with E-state index in [1.807, 2.05) is 13.8 Å². The van der Waals surface area contributed by atoms with Crippen molar-refractivity contribution < 1.29 is 33.3 Å². The lowest BCUT2D eigenvalue weighted by Gasteiger charge is -2.47. The molecule has 1 N–H and O–H groups in total. The van der Waals surface area contributed by atoms with Crippen molar-refractivity contribution in [1.29, 1.82) is 0 Å². The van der Waals surface area contributed by atoms with Gasteiger partial charge < -0.3 is 28.5 Å². The summed E-state index contributed by atoms with van der Waals surface area (Å²) in [5.74, 6) is 0.435. The van der Waals surface area contributed by atoms with Crippen molar-refractivity contribution in [1.82, 2.24) is 0 Å². The maximum Gasteiger partial charge on any atom is 0.339 e. The summed E-state index contributed by atoms with van der Waals surface area (Å²) in [4.78, 5) is 23.3. The zero-order chi connectivity index (χ0) is 24.4. The SMILES string of the molecule is CC[C@@H]1O[C@]2(C)C(OC(C)=O)[C@@]1(C)O[C@H](/C=C/C=C/C=C/c1oc(=O)cc(OC)c1C)[C@H]2O. The summed E-state index contributed by atoms with van der Waals surface area (Å²) in [6.07, 6.45) is 8.37. The van der Waals surface area contributed by atoms with Crippen LogP contribution in [0.5, 0.6) is 5.75 Å². The first-order valence-corrected chi connectivity index (χ1v) is 11.0. The van der Waals surface area contributed by atoms with Crippen molar-refractivity contribution in [2.45, 2.75) is 76.7 Å². The summed E-state index contributed by atoms with van der Waals surface area (Å²) in [5.41, 5.74) is -1.73. The van der Waals surface area contributed by atoms with Crippen molar-refractivity contribution in [2.24, 2.45) is 0 Å². The Bertz CT molecular complexity index is 1020. The van der Waals surface area contributed by atoms with Crippen molar-refractivity contribution in [2.75, 3.05) is 7.11 Å². The number of aliphatic hydroxyl groups excluding tert-OH is 1. The van der Waals surface area contributed by atoms with Crippen LogP contribution in [0.1, 0.15) is 45.4 Å². The molecule has 2 bridgehead atoms. The minimum atomic E-state index is -1.08. The van der Waals surface area contributed by atoms with E-state index in [4.69, 9.17) is 23.4 Å². The van der Waals surface area contributed by atoms with Crippen LogP contribution < -0.4 is 10.4 Å². The Morgan fingerprint density at radius 3 is 2.52 bits per heavy atom. The zero-order valence-corrected chi connectivity index (χ0v) is 19.9. The van der Waals surface area contributed by atoms with Gasteiger partial charge >= 0.3 is 11.6 Å². The molecule has 0 saturated carbocycles. The third-order valence-corrected chi connectivity index (χ3v) is 6.32. The van der Waals surface area contributed by atoms with Crippen molar-refractivity contribution >= 4 is 12.0 Å². The van der Waals surface area contributed by atoms with Crippen molar-refractivity contribution in [3.8, 4) is 5.75 Å². The van der Waals surface area contributed by atoms with Crippen LogP contribution in [0.15, 0.2) is 45.7 Å². The van der Waals surface area contributed by atoms with Gasteiger partial charge in [0.05, 0.1) is 19.3 Å². The molecular weight excluding hydrogens is 428 g/mol. The van der Waals surface area contributed by atoms with Gasteiger partial charge in [0, 0.05) is 12.5 Å². The van der Waals surface area contributed by atoms with Gasteiger partial charge in [0.25, 0.3) is 0 Å². The molecule has 2 aliphatic rings. The Hall–Kier alpha value is -2.68. The molecule has 2 fully saturated rings. The third-order valence-electron chi connectivity index (χ3n) is 6.32. The lowest BCUT2D eigenvalue weighted by molar-refractivity contribution is -0.235. The molecule has 8 nitrogen and oxygen atoms in total. The summed E-state index contributed by atoms with van der Waals surface area (Å²) < 4.78 is 28.3. The summed E-state index contributed by atoms with van der Waals surface area (Å²) in [6.45, 7) is 8.71. The fraction of sp³-hybridized carbons (Fsp3) is 0.520. The highest BCUT2D eigenvalue weighted by molar-refractivity contribution is 5.66. The van der Waals surface area contributed by atoms with Gasteiger partial charge in [0.15, 0.2) is 6.10 Å². The first kappa shape index (κ1) is 25.0. The normalized spacial score (nSPS) is 33.9. The number of fused-ring (bicyclic) bond motifs is 2. The number of rotatable bonds is 7. The number of carbonyl (C=O) groups excluding carboxylic acids is 1. The van der Waals surface area contributed by atoms with Crippen LogP contribution in [0, 0.1) is 6.92 Å². The summed E-state index contributed by atoms with van der Waals surface area (Å²) in [5, 5.41) is 11.0. The Morgan fingerprint density at radius 2 is 1.88 bits per heavy atom. The molecule has 180 valence electrons. The topological polar surface area (TPSA) is 104 Å². The summed E-state index contributed by atoms with van der Waals surface area (Å²) >= 11 is 0. The molecule has 33 heavy (non-hydrogen) atoms. The van der Waals surface area contributed by atoms with Gasteiger partial charge in [0.2, 0.25) is 0 Å². The fourth-order valence-corrected chi connectivity index (χ4v) is 4.67. The minimum absolute atomic E-state index is 0.320. The first-order valence-electron chi connectivity index (χ1n) is 11.0. The van der Waals surface area contributed by atoms with Gasteiger partial charge in [-0.15, -0.1) is 0 Å². The molecule has 1 unspecified atom stereocenters. The molecule has 0 radical (unpaired) electrons. The quantitative estimate of drug-likeness (QED) is 0.489. The molecule has 3 rings (SSSR count). The second kappa shape index (κ2) is 9.67. The monoisotopic (exact) mass is 460 g/mol. The third kappa shape index (κ3) is 4.69. The van der Waals surface area contributed by atoms with Gasteiger partial charge in [-0.25, -0.2) is 4.79 Å². The van der Waals surface area contributed by atoms with Crippen LogP contribution in [-0.4, -0.2) is 53.8 Å². The molecular formula is C25H32O8. The van der Waals surface area contributed by atoms with Crippen LogP contribution in [0.2, 0.25) is 0 Å². The maximum absolute atomic E-state index is 11.7. The lowest BCUT2D eigenvalue weighted by atomic mass is 9.77. The number of hydrogen-bond donors (Lipinski definition) is 1. The molecule has 6 atom stereocenters. The van der Waals surface area contributed by atoms with E-state index in [-0.39, 0.29) is 6.10 Å². The number of aliphatic hydroxyl groups is 1. The lowest BCUT2D eigenvalue weighted by Crippen LogP contribution is -2.65. The van der Waals surface area contributed by atoms with Gasteiger partial charge in [0.1, 0.15) is 34.9 Å². The van der Waals surface area contributed by atoms with Crippen LogP contribution in [0.25, 0.3) is 6.08 Å². The van der Waals surface area contributed by atoms with E-state index in [0.717, 1.165) is 5.56 Å². The Morgan fingerprint density at radius 1 is 1.18 bits per heavy atom. The predicted octanol–water partition coefficient (Wildman–Crippen LogP) is 3.10. The highest BCUT2D eigenvalue weighted by atomic mass is 16.7. The maximum atomic E-state index is 11.7. The van der Waals surface area contributed by atoms with Crippen LogP contribution in [0.4, 0.5) is 0 Å². The Balaban J connectivity index is 1.73. The Labute approximate surface area is 193 Å². The number of hydrogen-bond acceptors (Lipinski definition) is 8. The molecule has 0 aromatic carbocycles. The van der Waals surface area contributed by atoms with Crippen LogP contribution in [0.3, 0.4) is 0 Å². The molecule has 3 heterocycles. The predicted molar refractivity (Wildman–Crippen MR) is 122 cm³/mol. The molecule has 1 aromatic heterocycles. The number of carbonyl (C=O) groups is 1. The molecule has 8 heteroatoms. The molecule has 1 aromatic rings. The smallest absolute Gasteiger partial charge is 0.339 e. The van der Waals surface area contributed by atoms with E-state index >= 15 is 0 Å². The number of methoxy groups -OCH3 is 1. The largest absolute Gasteiger partial charge is 0.496 e. The second-order valence-corrected chi connectivity index (χ2v) is 8.65. The van der Waals surface area contributed by atoms with E-state index in [0.29, 0.717) is 17.9 Å². The number of esters is 1. The molecule has 0 amide bonds. The first-order chi connectivity index (χ1) is 15.6. The van der Waals surface area contributed by atoms with Crippen LogP contribution >= 0.6 is 0 Å².